The first-order chi connectivity index (χ1) is 16.0. The molecule has 1 unspecified atom stereocenters. The molecule has 0 saturated carbocycles. The van der Waals surface area contributed by atoms with Gasteiger partial charge >= 0.3 is 0 Å². The summed E-state index contributed by atoms with van der Waals surface area (Å²) in [4.78, 5) is 0. The van der Waals surface area contributed by atoms with Crippen molar-refractivity contribution < 1.29 is 24.8 Å². The van der Waals surface area contributed by atoms with Gasteiger partial charge in [0, 0.05) is 12.0 Å². The molecule has 6 rings (SSSR count). The third kappa shape index (κ3) is 4.68. The summed E-state index contributed by atoms with van der Waals surface area (Å²) in [5.41, 5.74) is 3.17. The van der Waals surface area contributed by atoms with Gasteiger partial charge in [-0.1, -0.05) is 42.5 Å². The summed E-state index contributed by atoms with van der Waals surface area (Å²) in [5.74, 6) is 2.20. The van der Waals surface area contributed by atoms with Gasteiger partial charge in [-0.05, 0) is 71.3 Å². The van der Waals surface area contributed by atoms with E-state index in [1.165, 1.54) is 0 Å². The number of phenolic OH excluding ortho intramolecular Hbond substituents is 2. The maximum Gasteiger partial charge on any atom is 0.169 e. The van der Waals surface area contributed by atoms with E-state index in [-0.39, 0.29) is 11.5 Å². The standard InChI is InChI=1S/C28H22O5/c29-22-9-13-27-21(16-22)8-4-19-7-12-25(30)28(15-19)32-23-10-5-18(6-11-23)14-26(31)20-2-1-3-24(17-20)33-27/h1-13,15-17,26,29-31H,14H2/b8-4-. The Morgan fingerprint density at radius 2 is 1.52 bits per heavy atom. The molecule has 164 valence electrons. The number of benzene rings is 4. The molecule has 6 bridgehead atoms. The van der Waals surface area contributed by atoms with E-state index >= 15 is 0 Å². The molecule has 0 spiro atoms. The van der Waals surface area contributed by atoms with Crippen LogP contribution < -0.4 is 9.47 Å². The van der Waals surface area contributed by atoms with E-state index < -0.39 is 6.10 Å². The SMILES string of the molecule is Oc1ccc2c(c1)/C=C\c1ccc(O)c(c1)Oc1ccc(cc1)CC(O)c1cccc(c1)O2. The lowest BCUT2D eigenvalue weighted by atomic mass is 10.0. The van der Waals surface area contributed by atoms with Crippen molar-refractivity contribution in [1.82, 2.24) is 0 Å². The molecule has 0 radical (unpaired) electrons. The molecule has 5 nitrogen and oxygen atoms in total. The van der Waals surface area contributed by atoms with Gasteiger partial charge in [0.15, 0.2) is 11.5 Å². The number of hydrogen-bond acceptors (Lipinski definition) is 5. The highest BCUT2D eigenvalue weighted by Crippen LogP contribution is 2.35. The molecule has 4 aromatic carbocycles. The number of aliphatic hydroxyl groups excluding tert-OH is 1. The van der Waals surface area contributed by atoms with Crippen molar-refractivity contribution in [2.75, 3.05) is 0 Å². The average Bonchev–Trinajstić information content (AvgIpc) is 2.82. The second-order valence-electron chi connectivity index (χ2n) is 7.92. The second kappa shape index (κ2) is 8.73. The van der Waals surface area contributed by atoms with Gasteiger partial charge in [0.25, 0.3) is 0 Å². The van der Waals surface area contributed by atoms with E-state index in [2.05, 4.69) is 0 Å². The molecule has 0 saturated heterocycles. The molecular formula is C28H22O5. The molecule has 5 heteroatoms. The quantitative estimate of drug-likeness (QED) is 0.294. The van der Waals surface area contributed by atoms with Crippen molar-refractivity contribution >= 4 is 12.2 Å². The van der Waals surface area contributed by atoms with E-state index in [1.54, 1.807) is 36.4 Å². The lowest BCUT2D eigenvalue weighted by Crippen LogP contribution is -2.02. The Morgan fingerprint density at radius 1 is 0.697 bits per heavy atom. The molecule has 2 aliphatic heterocycles. The highest BCUT2D eigenvalue weighted by atomic mass is 16.5. The van der Waals surface area contributed by atoms with Gasteiger partial charge in [-0.3, -0.25) is 0 Å². The first kappa shape index (κ1) is 20.7. The van der Waals surface area contributed by atoms with E-state index in [4.69, 9.17) is 9.47 Å². The number of hydrogen-bond donors (Lipinski definition) is 3. The summed E-state index contributed by atoms with van der Waals surface area (Å²) < 4.78 is 12.0. The van der Waals surface area contributed by atoms with Gasteiger partial charge in [0.1, 0.15) is 23.0 Å². The zero-order chi connectivity index (χ0) is 22.8. The number of phenols is 2. The first-order valence-electron chi connectivity index (χ1n) is 10.6. The average molecular weight is 438 g/mol. The molecule has 2 heterocycles. The monoisotopic (exact) mass is 438 g/mol. The van der Waals surface area contributed by atoms with Crippen LogP contribution in [0.2, 0.25) is 0 Å². The minimum atomic E-state index is -0.709. The van der Waals surface area contributed by atoms with Crippen LogP contribution in [0.4, 0.5) is 0 Å². The summed E-state index contributed by atoms with van der Waals surface area (Å²) in [5, 5.41) is 31.0. The highest BCUT2D eigenvalue weighted by Gasteiger charge is 2.13. The lowest BCUT2D eigenvalue weighted by Gasteiger charge is -2.15. The smallest absolute Gasteiger partial charge is 0.169 e. The highest BCUT2D eigenvalue weighted by molar-refractivity contribution is 5.74. The molecule has 4 aromatic rings. The number of rotatable bonds is 0. The molecule has 3 N–H and O–H groups in total. The fourth-order valence-electron chi connectivity index (χ4n) is 3.74. The minimum Gasteiger partial charge on any atom is -0.508 e. The lowest BCUT2D eigenvalue weighted by molar-refractivity contribution is 0.178. The summed E-state index contributed by atoms with van der Waals surface area (Å²) >= 11 is 0. The summed E-state index contributed by atoms with van der Waals surface area (Å²) in [6, 6.07) is 24.7. The summed E-state index contributed by atoms with van der Waals surface area (Å²) in [6.07, 6.45) is 3.39. The Hall–Kier alpha value is -4.22. The largest absolute Gasteiger partial charge is 0.508 e. The number of aliphatic hydroxyl groups is 1. The molecule has 1 atom stereocenters. The Morgan fingerprint density at radius 3 is 2.36 bits per heavy atom. The summed E-state index contributed by atoms with van der Waals surface area (Å²) in [6.45, 7) is 0. The van der Waals surface area contributed by atoms with E-state index in [0.29, 0.717) is 35.0 Å². The van der Waals surface area contributed by atoms with Gasteiger partial charge in [0.05, 0.1) is 6.10 Å². The number of fused-ring (bicyclic) bond motifs is 3. The van der Waals surface area contributed by atoms with Gasteiger partial charge in [-0.25, -0.2) is 0 Å². The summed E-state index contributed by atoms with van der Waals surface area (Å²) in [7, 11) is 0. The van der Waals surface area contributed by atoms with Crippen LogP contribution in [0.3, 0.4) is 0 Å². The molecule has 0 fully saturated rings. The van der Waals surface area contributed by atoms with Crippen LogP contribution in [0.1, 0.15) is 28.4 Å². The van der Waals surface area contributed by atoms with Crippen molar-refractivity contribution in [3.63, 3.8) is 0 Å². The maximum absolute atomic E-state index is 10.8. The van der Waals surface area contributed by atoms with Gasteiger partial charge in [-0.2, -0.15) is 0 Å². The van der Waals surface area contributed by atoms with Crippen molar-refractivity contribution in [3.8, 4) is 34.5 Å². The van der Waals surface area contributed by atoms with Crippen LogP contribution in [-0.2, 0) is 6.42 Å². The molecule has 0 aliphatic carbocycles. The van der Waals surface area contributed by atoms with Crippen molar-refractivity contribution in [2.45, 2.75) is 12.5 Å². The first-order valence-corrected chi connectivity index (χ1v) is 10.6. The normalized spacial score (nSPS) is 16.0. The predicted octanol–water partition coefficient (Wildman–Crippen LogP) is 6.44. The molecule has 33 heavy (non-hydrogen) atoms. The van der Waals surface area contributed by atoms with E-state index in [1.807, 2.05) is 60.7 Å². The Bertz CT molecular complexity index is 1320. The molecule has 2 aliphatic rings. The minimum absolute atomic E-state index is 0.0286. The topological polar surface area (TPSA) is 79.2 Å². The van der Waals surface area contributed by atoms with Gasteiger partial charge < -0.3 is 24.8 Å². The third-order valence-electron chi connectivity index (χ3n) is 5.48. The third-order valence-corrected chi connectivity index (χ3v) is 5.48. The maximum atomic E-state index is 10.8. The zero-order valence-electron chi connectivity index (χ0n) is 17.7. The number of ether oxygens (including phenoxy) is 2. The van der Waals surface area contributed by atoms with E-state index in [0.717, 1.165) is 16.7 Å². The molecule has 0 aromatic heterocycles. The van der Waals surface area contributed by atoms with Gasteiger partial charge in [0.2, 0.25) is 0 Å². The van der Waals surface area contributed by atoms with Crippen LogP contribution >= 0.6 is 0 Å². The molecular weight excluding hydrogens is 416 g/mol. The van der Waals surface area contributed by atoms with Crippen molar-refractivity contribution in [2.24, 2.45) is 0 Å². The van der Waals surface area contributed by atoms with Crippen molar-refractivity contribution in [1.29, 1.82) is 0 Å². The fraction of sp³-hybridized carbons (Fsp3) is 0.0714. The fourth-order valence-corrected chi connectivity index (χ4v) is 3.74. The van der Waals surface area contributed by atoms with E-state index in [9.17, 15) is 15.3 Å². The van der Waals surface area contributed by atoms with Gasteiger partial charge in [-0.15, -0.1) is 0 Å². The van der Waals surface area contributed by atoms with Crippen LogP contribution in [-0.4, -0.2) is 15.3 Å². The Balaban J connectivity index is 1.61. The Labute approximate surface area is 191 Å². The Kier molecular flexibility index (Phi) is 5.47. The van der Waals surface area contributed by atoms with Crippen LogP contribution in [0.15, 0.2) is 84.9 Å². The zero-order valence-corrected chi connectivity index (χ0v) is 17.7. The van der Waals surface area contributed by atoms with Crippen LogP contribution in [0, 0.1) is 0 Å². The second-order valence-corrected chi connectivity index (χ2v) is 7.92. The van der Waals surface area contributed by atoms with Crippen molar-refractivity contribution in [3.05, 3.63) is 107 Å². The van der Waals surface area contributed by atoms with Crippen LogP contribution in [0.5, 0.6) is 34.5 Å². The predicted molar refractivity (Wildman–Crippen MR) is 127 cm³/mol. The molecule has 0 amide bonds. The van der Waals surface area contributed by atoms with Crippen LogP contribution in [0.25, 0.3) is 12.2 Å². The number of aromatic hydroxyl groups is 2.